The molecule has 120 valence electrons. The van der Waals surface area contributed by atoms with E-state index in [2.05, 4.69) is 9.44 Å². The molecule has 0 aromatic heterocycles. The molecule has 1 rings (SSSR count). The Hall–Kier alpha value is -1.36. The highest BCUT2D eigenvalue weighted by molar-refractivity contribution is 7.89. The van der Waals surface area contributed by atoms with Crippen LogP contribution in [0.2, 0.25) is 0 Å². The summed E-state index contributed by atoms with van der Waals surface area (Å²) in [5, 5.41) is 0. The number of anilines is 1. The van der Waals surface area contributed by atoms with E-state index in [0.29, 0.717) is 12.1 Å². The van der Waals surface area contributed by atoms with Crippen molar-refractivity contribution in [3.8, 4) is 5.75 Å². The van der Waals surface area contributed by atoms with Gasteiger partial charge in [0.2, 0.25) is 20.0 Å². The lowest BCUT2D eigenvalue weighted by Crippen LogP contribution is -2.29. The van der Waals surface area contributed by atoms with Gasteiger partial charge in [0.1, 0.15) is 10.6 Å². The Morgan fingerprint density at radius 2 is 1.76 bits per heavy atom. The van der Waals surface area contributed by atoms with Gasteiger partial charge in [0.05, 0.1) is 13.4 Å². The Bertz CT molecular complexity index is 686. The van der Waals surface area contributed by atoms with Crippen LogP contribution in [0.4, 0.5) is 5.69 Å². The summed E-state index contributed by atoms with van der Waals surface area (Å²) in [6.45, 7) is 0.249. The molecule has 0 saturated heterocycles. The molecule has 0 aliphatic rings. The number of benzene rings is 1. The van der Waals surface area contributed by atoms with E-state index in [-0.39, 0.29) is 23.7 Å². The van der Waals surface area contributed by atoms with Crippen LogP contribution in [0.5, 0.6) is 5.75 Å². The fourth-order valence-electron chi connectivity index (χ4n) is 1.54. The Morgan fingerprint density at radius 3 is 2.33 bits per heavy atom. The van der Waals surface area contributed by atoms with Crippen molar-refractivity contribution in [3.63, 3.8) is 0 Å². The lowest BCUT2D eigenvalue weighted by molar-refractivity contribution is 0.402. The fourth-order valence-corrected chi connectivity index (χ4v) is 3.27. The molecule has 10 heteroatoms. The van der Waals surface area contributed by atoms with Crippen molar-refractivity contribution in [2.45, 2.75) is 11.3 Å². The van der Waals surface area contributed by atoms with E-state index in [1.54, 1.807) is 0 Å². The number of ether oxygens (including phenoxy) is 1. The van der Waals surface area contributed by atoms with Gasteiger partial charge in [-0.25, -0.2) is 26.3 Å². The van der Waals surface area contributed by atoms with Crippen LogP contribution >= 0.6 is 0 Å². The van der Waals surface area contributed by atoms with Crippen molar-refractivity contribution in [1.82, 2.24) is 9.44 Å². The fraction of sp³-hybridized carbons (Fsp3) is 0.455. The second kappa shape index (κ2) is 7.07. The minimum Gasteiger partial charge on any atom is -0.495 e. The number of nitrogens with one attached hydrogen (secondary N) is 2. The molecular weight excluding hydrogens is 318 g/mol. The van der Waals surface area contributed by atoms with Crippen molar-refractivity contribution in [1.29, 1.82) is 0 Å². The van der Waals surface area contributed by atoms with Crippen molar-refractivity contribution >= 4 is 25.7 Å². The molecule has 21 heavy (non-hydrogen) atoms. The molecule has 8 nitrogen and oxygen atoms in total. The van der Waals surface area contributed by atoms with Crippen LogP contribution in [0.1, 0.15) is 6.42 Å². The quantitative estimate of drug-likeness (QED) is 0.433. The summed E-state index contributed by atoms with van der Waals surface area (Å²) in [7, 11) is -5.66. The largest absolute Gasteiger partial charge is 0.495 e. The first kappa shape index (κ1) is 17.7. The van der Waals surface area contributed by atoms with Gasteiger partial charge in [-0.05, 0) is 18.6 Å². The van der Waals surface area contributed by atoms with Crippen molar-refractivity contribution in [2.24, 2.45) is 0 Å². The third-order valence-electron chi connectivity index (χ3n) is 2.49. The molecular formula is C11H19N3O5S2. The van der Waals surface area contributed by atoms with Gasteiger partial charge in [0.15, 0.2) is 0 Å². The maximum atomic E-state index is 12.1. The number of nitrogen functional groups attached to an aromatic ring is 1. The van der Waals surface area contributed by atoms with Gasteiger partial charge in [-0.2, -0.15) is 0 Å². The second-order valence-electron chi connectivity index (χ2n) is 4.33. The highest BCUT2D eigenvalue weighted by Gasteiger charge is 2.18. The standard InChI is InChI=1S/C11H19N3O5S2/c1-19-10-8-9(12)4-5-11(10)21(17,18)14-7-3-6-13-20(2,15)16/h4-5,8,13-14H,3,6-7,12H2,1-2H3. The maximum Gasteiger partial charge on any atom is 0.244 e. The SMILES string of the molecule is COc1cc(N)ccc1S(=O)(=O)NCCCNS(C)(=O)=O. The summed E-state index contributed by atoms with van der Waals surface area (Å²) in [4.78, 5) is -0.0183. The zero-order chi connectivity index (χ0) is 16.1. The number of hydrogen-bond acceptors (Lipinski definition) is 6. The van der Waals surface area contributed by atoms with E-state index in [0.717, 1.165) is 6.26 Å². The average molecular weight is 337 g/mol. The number of sulfonamides is 2. The molecule has 0 atom stereocenters. The molecule has 0 spiro atoms. The zero-order valence-electron chi connectivity index (χ0n) is 11.8. The Balaban J connectivity index is 2.66. The molecule has 0 fully saturated rings. The molecule has 4 N–H and O–H groups in total. The third-order valence-corrected chi connectivity index (χ3v) is 4.72. The summed E-state index contributed by atoms with van der Waals surface area (Å²) < 4.78 is 55.6. The molecule has 1 aromatic rings. The van der Waals surface area contributed by atoms with Gasteiger partial charge in [0, 0.05) is 24.8 Å². The monoisotopic (exact) mass is 337 g/mol. The predicted molar refractivity (Wildman–Crippen MR) is 80.1 cm³/mol. The minimum atomic E-state index is -3.74. The van der Waals surface area contributed by atoms with Gasteiger partial charge in [-0.15, -0.1) is 0 Å². The van der Waals surface area contributed by atoms with E-state index < -0.39 is 20.0 Å². The van der Waals surface area contributed by atoms with Gasteiger partial charge in [-0.1, -0.05) is 0 Å². The van der Waals surface area contributed by atoms with Crippen molar-refractivity contribution in [3.05, 3.63) is 18.2 Å². The summed E-state index contributed by atoms with van der Waals surface area (Å²) in [5.74, 6) is 0.150. The first-order valence-electron chi connectivity index (χ1n) is 6.03. The van der Waals surface area contributed by atoms with E-state index in [1.165, 1.54) is 25.3 Å². The molecule has 0 heterocycles. The van der Waals surface area contributed by atoms with Crippen LogP contribution in [0, 0.1) is 0 Å². The summed E-state index contributed by atoms with van der Waals surface area (Å²) >= 11 is 0. The third kappa shape index (κ3) is 5.87. The molecule has 0 aliphatic carbocycles. The van der Waals surface area contributed by atoms with Crippen LogP contribution in [0.15, 0.2) is 23.1 Å². The topological polar surface area (TPSA) is 128 Å². The summed E-state index contributed by atoms with van der Waals surface area (Å²) in [5.41, 5.74) is 5.96. The lowest BCUT2D eigenvalue weighted by atomic mass is 10.3. The van der Waals surface area contributed by atoms with Crippen molar-refractivity contribution < 1.29 is 21.6 Å². The van der Waals surface area contributed by atoms with E-state index in [9.17, 15) is 16.8 Å². The Labute approximate surface area is 124 Å². The molecule has 0 saturated carbocycles. The summed E-state index contributed by atoms with van der Waals surface area (Å²) in [6.07, 6.45) is 1.36. The van der Waals surface area contributed by atoms with Crippen molar-refractivity contribution in [2.75, 3.05) is 32.2 Å². The molecule has 0 amide bonds. The second-order valence-corrected chi connectivity index (χ2v) is 7.90. The van der Waals surface area contributed by atoms with Gasteiger partial charge >= 0.3 is 0 Å². The molecule has 0 radical (unpaired) electrons. The molecule has 1 aromatic carbocycles. The highest BCUT2D eigenvalue weighted by Crippen LogP contribution is 2.25. The molecule has 0 aliphatic heterocycles. The Kier molecular flexibility index (Phi) is 5.96. The molecule has 0 bridgehead atoms. The first-order valence-corrected chi connectivity index (χ1v) is 9.41. The van der Waals surface area contributed by atoms with Crippen LogP contribution < -0.4 is 19.9 Å². The lowest BCUT2D eigenvalue weighted by Gasteiger charge is -2.11. The number of nitrogens with two attached hydrogens (primary N) is 1. The summed E-state index contributed by atoms with van der Waals surface area (Å²) in [6, 6.07) is 4.23. The van der Waals surface area contributed by atoms with E-state index in [1.807, 2.05) is 0 Å². The van der Waals surface area contributed by atoms with Gasteiger partial charge in [-0.3, -0.25) is 0 Å². The average Bonchev–Trinajstić information content (AvgIpc) is 2.36. The minimum absolute atomic E-state index is 0.0183. The van der Waals surface area contributed by atoms with Crippen LogP contribution in [0.25, 0.3) is 0 Å². The Morgan fingerprint density at radius 1 is 1.14 bits per heavy atom. The van der Waals surface area contributed by atoms with Crippen LogP contribution in [0.3, 0.4) is 0 Å². The smallest absolute Gasteiger partial charge is 0.244 e. The maximum absolute atomic E-state index is 12.1. The first-order chi connectivity index (χ1) is 9.65. The van der Waals surface area contributed by atoms with Crippen LogP contribution in [-0.2, 0) is 20.0 Å². The van der Waals surface area contributed by atoms with Gasteiger partial charge < -0.3 is 10.5 Å². The molecule has 0 unspecified atom stereocenters. The highest BCUT2D eigenvalue weighted by atomic mass is 32.2. The predicted octanol–water partition coefficient (Wildman–Crippen LogP) is -0.505. The number of rotatable bonds is 8. The van der Waals surface area contributed by atoms with E-state index in [4.69, 9.17) is 10.5 Å². The number of hydrogen-bond donors (Lipinski definition) is 3. The zero-order valence-corrected chi connectivity index (χ0v) is 13.4. The normalized spacial score (nSPS) is 12.3. The van der Waals surface area contributed by atoms with Gasteiger partial charge in [0.25, 0.3) is 0 Å². The van der Waals surface area contributed by atoms with Crippen LogP contribution in [-0.4, -0.2) is 43.3 Å². The van der Waals surface area contributed by atoms with E-state index >= 15 is 0 Å². The number of methoxy groups -OCH3 is 1.